The van der Waals surface area contributed by atoms with Crippen molar-refractivity contribution in [3.63, 3.8) is 0 Å². The van der Waals surface area contributed by atoms with Crippen LogP contribution in [-0.4, -0.2) is 35.6 Å². The van der Waals surface area contributed by atoms with Gasteiger partial charge >= 0.3 is 0 Å². The van der Waals surface area contributed by atoms with Crippen LogP contribution in [0.5, 0.6) is 0 Å². The Balaban J connectivity index is 1.55. The number of aromatic nitrogens is 2. The van der Waals surface area contributed by atoms with Gasteiger partial charge in [0.25, 0.3) is 0 Å². The van der Waals surface area contributed by atoms with Crippen LogP contribution in [0.2, 0.25) is 0 Å². The SMILES string of the molecule is c1cnc(N2CCCC(CNC3CC3)C2)nc1. The highest BCUT2D eigenvalue weighted by atomic mass is 15.3. The maximum Gasteiger partial charge on any atom is 0.225 e. The van der Waals surface area contributed by atoms with Crippen LogP contribution in [0.1, 0.15) is 25.7 Å². The van der Waals surface area contributed by atoms with Crippen molar-refractivity contribution in [1.82, 2.24) is 15.3 Å². The number of hydrogen-bond donors (Lipinski definition) is 1. The van der Waals surface area contributed by atoms with Gasteiger partial charge in [0.1, 0.15) is 0 Å². The molecule has 1 aliphatic heterocycles. The third-order valence-corrected chi connectivity index (χ3v) is 3.63. The summed E-state index contributed by atoms with van der Waals surface area (Å²) in [6, 6.07) is 2.69. The Hall–Kier alpha value is -1.16. The summed E-state index contributed by atoms with van der Waals surface area (Å²) >= 11 is 0. The summed E-state index contributed by atoms with van der Waals surface area (Å²) in [5.74, 6) is 1.65. The second-order valence-electron chi connectivity index (χ2n) is 5.19. The lowest BCUT2D eigenvalue weighted by molar-refractivity contribution is 0.388. The van der Waals surface area contributed by atoms with Gasteiger partial charge in [0, 0.05) is 31.5 Å². The van der Waals surface area contributed by atoms with Gasteiger partial charge in [-0.15, -0.1) is 0 Å². The van der Waals surface area contributed by atoms with Crippen molar-refractivity contribution in [2.24, 2.45) is 5.92 Å². The van der Waals surface area contributed by atoms with Crippen molar-refractivity contribution >= 4 is 5.95 Å². The van der Waals surface area contributed by atoms with E-state index in [4.69, 9.17) is 0 Å². The van der Waals surface area contributed by atoms with Crippen molar-refractivity contribution in [3.05, 3.63) is 18.5 Å². The molecule has 0 aromatic carbocycles. The highest BCUT2D eigenvalue weighted by Gasteiger charge is 2.25. The predicted molar refractivity (Wildman–Crippen MR) is 68.0 cm³/mol. The molecule has 0 spiro atoms. The van der Waals surface area contributed by atoms with Crippen LogP contribution in [-0.2, 0) is 0 Å². The molecular weight excluding hydrogens is 212 g/mol. The van der Waals surface area contributed by atoms with Crippen molar-refractivity contribution < 1.29 is 0 Å². The zero-order chi connectivity index (χ0) is 11.5. The molecule has 1 saturated carbocycles. The molecule has 1 atom stereocenters. The van der Waals surface area contributed by atoms with E-state index in [1.807, 2.05) is 18.5 Å². The zero-order valence-corrected chi connectivity index (χ0v) is 10.2. The topological polar surface area (TPSA) is 41.1 Å². The Labute approximate surface area is 102 Å². The average Bonchev–Trinajstić information content (AvgIpc) is 3.22. The number of piperidine rings is 1. The molecule has 0 bridgehead atoms. The van der Waals surface area contributed by atoms with E-state index in [2.05, 4.69) is 20.2 Å². The second kappa shape index (κ2) is 5.00. The molecule has 1 aromatic rings. The summed E-state index contributed by atoms with van der Waals surface area (Å²) in [4.78, 5) is 11.0. The van der Waals surface area contributed by atoms with Crippen molar-refractivity contribution in [1.29, 1.82) is 0 Å². The van der Waals surface area contributed by atoms with Crippen molar-refractivity contribution in [3.8, 4) is 0 Å². The molecule has 1 saturated heterocycles. The summed E-state index contributed by atoms with van der Waals surface area (Å²) < 4.78 is 0. The Kier molecular flexibility index (Phi) is 3.22. The van der Waals surface area contributed by atoms with Gasteiger partial charge in [0.05, 0.1) is 0 Å². The van der Waals surface area contributed by atoms with E-state index in [1.54, 1.807) is 0 Å². The first kappa shape index (κ1) is 11.0. The Morgan fingerprint density at radius 2 is 2.06 bits per heavy atom. The van der Waals surface area contributed by atoms with Gasteiger partial charge in [-0.1, -0.05) is 0 Å². The van der Waals surface area contributed by atoms with Crippen LogP contribution in [0.15, 0.2) is 18.5 Å². The van der Waals surface area contributed by atoms with E-state index in [0.29, 0.717) is 0 Å². The predicted octanol–water partition coefficient (Wildman–Crippen LogP) is 1.44. The molecule has 2 fully saturated rings. The van der Waals surface area contributed by atoms with E-state index in [0.717, 1.165) is 37.5 Å². The van der Waals surface area contributed by atoms with E-state index >= 15 is 0 Å². The molecule has 4 nitrogen and oxygen atoms in total. The maximum absolute atomic E-state index is 4.34. The third-order valence-electron chi connectivity index (χ3n) is 3.63. The molecular formula is C13H20N4. The summed E-state index contributed by atoms with van der Waals surface area (Å²) in [5.41, 5.74) is 0. The number of hydrogen-bond acceptors (Lipinski definition) is 4. The first-order valence-electron chi connectivity index (χ1n) is 6.67. The molecule has 3 rings (SSSR count). The average molecular weight is 232 g/mol. The fourth-order valence-electron chi connectivity index (χ4n) is 2.49. The summed E-state index contributed by atoms with van der Waals surface area (Å²) in [6.45, 7) is 3.36. The molecule has 1 N–H and O–H groups in total. The molecule has 2 heterocycles. The zero-order valence-electron chi connectivity index (χ0n) is 10.2. The molecule has 17 heavy (non-hydrogen) atoms. The Morgan fingerprint density at radius 1 is 1.24 bits per heavy atom. The number of rotatable bonds is 4. The second-order valence-corrected chi connectivity index (χ2v) is 5.19. The van der Waals surface area contributed by atoms with Crippen LogP contribution in [0.3, 0.4) is 0 Å². The number of nitrogens with zero attached hydrogens (tertiary/aromatic N) is 3. The van der Waals surface area contributed by atoms with E-state index in [9.17, 15) is 0 Å². The monoisotopic (exact) mass is 232 g/mol. The van der Waals surface area contributed by atoms with E-state index < -0.39 is 0 Å². The van der Waals surface area contributed by atoms with Gasteiger partial charge in [-0.05, 0) is 44.2 Å². The standard InChI is InChI=1S/C13H20N4/c1-3-11(9-16-12-4-5-12)10-17(8-1)13-14-6-2-7-15-13/h2,6-7,11-12,16H,1,3-5,8-10H2. The first-order valence-corrected chi connectivity index (χ1v) is 6.67. The summed E-state index contributed by atoms with van der Waals surface area (Å²) in [5, 5.41) is 3.63. The fraction of sp³-hybridized carbons (Fsp3) is 0.692. The first-order chi connectivity index (χ1) is 8.42. The largest absolute Gasteiger partial charge is 0.341 e. The van der Waals surface area contributed by atoms with Crippen molar-refractivity contribution in [2.75, 3.05) is 24.5 Å². The molecule has 2 aliphatic rings. The van der Waals surface area contributed by atoms with Crippen molar-refractivity contribution in [2.45, 2.75) is 31.7 Å². The van der Waals surface area contributed by atoms with E-state index in [-0.39, 0.29) is 0 Å². The van der Waals surface area contributed by atoms with Gasteiger partial charge in [-0.25, -0.2) is 9.97 Å². The van der Waals surface area contributed by atoms with Crippen LogP contribution < -0.4 is 10.2 Å². The quantitative estimate of drug-likeness (QED) is 0.853. The summed E-state index contributed by atoms with van der Waals surface area (Å²) in [6.07, 6.45) is 9.00. The van der Waals surface area contributed by atoms with Gasteiger partial charge in [0.2, 0.25) is 5.95 Å². The van der Waals surface area contributed by atoms with Crippen LogP contribution in [0, 0.1) is 5.92 Å². The van der Waals surface area contributed by atoms with Gasteiger partial charge in [-0.3, -0.25) is 0 Å². The molecule has 92 valence electrons. The lowest BCUT2D eigenvalue weighted by Crippen LogP contribution is -2.40. The van der Waals surface area contributed by atoms with Crippen LogP contribution in [0.25, 0.3) is 0 Å². The maximum atomic E-state index is 4.34. The fourth-order valence-corrected chi connectivity index (χ4v) is 2.49. The third kappa shape index (κ3) is 2.94. The molecule has 1 aromatic heterocycles. The summed E-state index contributed by atoms with van der Waals surface area (Å²) in [7, 11) is 0. The Morgan fingerprint density at radius 3 is 2.82 bits per heavy atom. The number of nitrogens with one attached hydrogen (secondary N) is 1. The van der Waals surface area contributed by atoms with Gasteiger partial charge in [-0.2, -0.15) is 0 Å². The highest BCUT2D eigenvalue weighted by Crippen LogP contribution is 2.22. The molecule has 0 radical (unpaired) electrons. The Bertz CT molecular complexity index is 350. The van der Waals surface area contributed by atoms with Crippen LogP contribution in [0.4, 0.5) is 5.95 Å². The smallest absolute Gasteiger partial charge is 0.225 e. The highest BCUT2D eigenvalue weighted by molar-refractivity contribution is 5.29. The number of anilines is 1. The minimum atomic E-state index is 0.758. The molecule has 0 amide bonds. The lowest BCUT2D eigenvalue weighted by atomic mass is 9.98. The minimum Gasteiger partial charge on any atom is -0.341 e. The van der Waals surface area contributed by atoms with Gasteiger partial charge < -0.3 is 10.2 Å². The normalized spacial score (nSPS) is 24.9. The van der Waals surface area contributed by atoms with Crippen LogP contribution >= 0.6 is 0 Å². The van der Waals surface area contributed by atoms with E-state index in [1.165, 1.54) is 25.7 Å². The molecule has 1 unspecified atom stereocenters. The molecule has 1 aliphatic carbocycles. The minimum absolute atomic E-state index is 0.758. The molecule has 4 heteroatoms. The lowest BCUT2D eigenvalue weighted by Gasteiger charge is -2.32. The van der Waals surface area contributed by atoms with Gasteiger partial charge in [0.15, 0.2) is 0 Å².